The van der Waals surface area contributed by atoms with Crippen LogP contribution in [0, 0.1) is 10.1 Å². The highest BCUT2D eigenvalue weighted by Crippen LogP contribution is 2.36. The van der Waals surface area contributed by atoms with Crippen LogP contribution in [0.25, 0.3) is 10.9 Å². The number of nitrogens with zero attached hydrogens (tertiary/aromatic N) is 4. The van der Waals surface area contributed by atoms with Gasteiger partial charge in [-0.1, -0.05) is 30.3 Å². The predicted octanol–water partition coefficient (Wildman–Crippen LogP) is 2.49. The predicted molar refractivity (Wildman–Crippen MR) is 111 cm³/mol. The summed E-state index contributed by atoms with van der Waals surface area (Å²) in [5.41, 5.74) is 7.78. The van der Waals surface area contributed by atoms with Gasteiger partial charge in [0.25, 0.3) is 0 Å². The van der Waals surface area contributed by atoms with Gasteiger partial charge in [-0.15, -0.1) is 0 Å². The summed E-state index contributed by atoms with van der Waals surface area (Å²) in [6, 6.07) is 15.9. The molecule has 1 saturated heterocycles. The molecule has 4 rings (SSSR count). The van der Waals surface area contributed by atoms with Gasteiger partial charge in [0.1, 0.15) is 11.7 Å². The van der Waals surface area contributed by atoms with Gasteiger partial charge >= 0.3 is 5.69 Å². The maximum Gasteiger partial charge on any atom is 0.301 e. The Labute approximate surface area is 167 Å². The minimum Gasteiger partial charge on any atom is -0.368 e. The maximum atomic E-state index is 12.1. The van der Waals surface area contributed by atoms with E-state index >= 15 is 0 Å². The number of primary amides is 1. The third-order valence-corrected chi connectivity index (χ3v) is 5.32. The fourth-order valence-electron chi connectivity index (χ4n) is 3.98. The lowest BCUT2D eigenvalue weighted by Crippen LogP contribution is -2.50. The molecule has 0 bridgehead atoms. The van der Waals surface area contributed by atoms with Crippen molar-refractivity contribution < 1.29 is 9.72 Å². The van der Waals surface area contributed by atoms with Crippen molar-refractivity contribution in [1.29, 1.82) is 0 Å². The van der Waals surface area contributed by atoms with Crippen LogP contribution < -0.4 is 10.6 Å². The number of rotatable bonds is 5. The second-order valence-electron chi connectivity index (χ2n) is 7.00. The SMILES string of the molecule is NC(=O)C(c1ccccc1)N1CCN(c2ccc3ncccc3c2[N+](=O)[O-])CC1. The largest absolute Gasteiger partial charge is 0.368 e. The number of hydrogen-bond donors (Lipinski definition) is 1. The van der Waals surface area contributed by atoms with Crippen molar-refractivity contribution in [2.24, 2.45) is 5.73 Å². The summed E-state index contributed by atoms with van der Waals surface area (Å²) in [5, 5.41) is 12.3. The number of nitro groups is 1. The Bertz CT molecular complexity index is 1050. The lowest BCUT2D eigenvalue weighted by atomic mass is 10.0. The van der Waals surface area contributed by atoms with Crippen LogP contribution in [-0.4, -0.2) is 46.9 Å². The molecule has 1 aliphatic heterocycles. The Hall–Kier alpha value is -3.52. The molecule has 2 aromatic carbocycles. The number of hydrogen-bond acceptors (Lipinski definition) is 6. The smallest absolute Gasteiger partial charge is 0.301 e. The highest BCUT2D eigenvalue weighted by molar-refractivity contribution is 5.94. The van der Waals surface area contributed by atoms with Crippen LogP contribution in [0.4, 0.5) is 11.4 Å². The van der Waals surface area contributed by atoms with Gasteiger partial charge in [-0.05, 0) is 29.8 Å². The molecule has 1 aromatic heterocycles. The summed E-state index contributed by atoms with van der Waals surface area (Å²) in [6.07, 6.45) is 1.62. The molecule has 3 aromatic rings. The second kappa shape index (κ2) is 7.84. The first-order valence-electron chi connectivity index (χ1n) is 9.41. The maximum absolute atomic E-state index is 12.1. The summed E-state index contributed by atoms with van der Waals surface area (Å²) in [4.78, 5) is 31.8. The number of aromatic nitrogens is 1. The number of fused-ring (bicyclic) bond motifs is 1. The normalized spacial score (nSPS) is 15.9. The number of piperazine rings is 1. The zero-order chi connectivity index (χ0) is 20.4. The Morgan fingerprint density at radius 1 is 1.03 bits per heavy atom. The van der Waals surface area contributed by atoms with Gasteiger partial charge in [0.05, 0.1) is 15.8 Å². The number of pyridine rings is 1. The molecule has 0 radical (unpaired) electrons. The van der Waals surface area contributed by atoms with Gasteiger partial charge in [0, 0.05) is 32.4 Å². The van der Waals surface area contributed by atoms with Crippen LogP contribution in [0.1, 0.15) is 11.6 Å². The monoisotopic (exact) mass is 391 g/mol. The van der Waals surface area contributed by atoms with Crippen LogP contribution >= 0.6 is 0 Å². The Morgan fingerprint density at radius 3 is 2.41 bits per heavy atom. The van der Waals surface area contributed by atoms with E-state index in [-0.39, 0.29) is 10.6 Å². The number of amides is 1. The molecule has 2 N–H and O–H groups in total. The highest BCUT2D eigenvalue weighted by Gasteiger charge is 2.31. The minimum absolute atomic E-state index is 0.0681. The first-order chi connectivity index (χ1) is 14.1. The van der Waals surface area contributed by atoms with Crippen molar-refractivity contribution in [3.05, 3.63) is 76.5 Å². The third-order valence-electron chi connectivity index (χ3n) is 5.32. The lowest BCUT2D eigenvalue weighted by Gasteiger charge is -2.39. The van der Waals surface area contributed by atoms with Crippen LogP contribution in [0.5, 0.6) is 0 Å². The van der Waals surface area contributed by atoms with Gasteiger partial charge in [-0.2, -0.15) is 0 Å². The number of nitrogens with two attached hydrogens (primary N) is 1. The molecule has 1 aliphatic rings. The quantitative estimate of drug-likeness (QED) is 0.529. The zero-order valence-corrected chi connectivity index (χ0v) is 15.8. The van der Waals surface area contributed by atoms with E-state index < -0.39 is 11.9 Å². The van der Waals surface area contributed by atoms with E-state index in [4.69, 9.17) is 5.73 Å². The van der Waals surface area contributed by atoms with Crippen molar-refractivity contribution in [3.8, 4) is 0 Å². The standard InChI is InChI=1S/C21H21N5O3/c22-21(27)19(15-5-2-1-3-6-15)25-13-11-24(12-14-25)18-9-8-17-16(7-4-10-23-17)20(18)26(28)29/h1-10,19H,11-14H2,(H2,22,27). The molecule has 0 aliphatic carbocycles. The van der Waals surface area contributed by atoms with E-state index in [9.17, 15) is 14.9 Å². The molecule has 148 valence electrons. The molecule has 8 heteroatoms. The summed E-state index contributed by atoms with van der Waals surface area (Å²) >= 11 is 0. The molecule has 1 atom stereocenters. The van der Waals surface area contributed by atoms with Crippen molar-refractivity contribution in [1.82, 2.24) is 9.88 Å². The average Bonchev–Trinajstić information content (AvgIpc) is 2.74. The first-order valence-corrected chi connectivity index (χ1v) is 9.41. The number of carbonyl (C=O) groups is 1. The van der Waals surface area contributed by atoms with E-state index in [0.717, 1.165) is 5.56 Å². The third kappa shape index (κ3) is 3.62. The molecule has 1 fully saturated rings. The number of anilines is 1. The van der Waals surface area contributed by atoms with Crippen LogP contribution in [-0.2, 0) is 4.79 Å². The van der Waals surface area contributed by atoms with Gasteiger partial charge < -0.3 is 10.6 Å². The van der Waals surface area contributed by atoms with Crippen molar-refractivity contribution in [3.63, 3.8) is 0 Å². The van der Waals surface area contributed by atoms with Crippen molar-refractivity contribution >= 4 is 28.2 Å². The topological polar surface area (TPSA) is 106 Å². The Balaban J connectivity index is 1.59. The van der Waals surface area contributed by atoms with Crippen LogP contribution in [0.2, 0.25) is 0 Å². The van der Waals surface area contributed by atoms with E-state index in [0.29, 0.717) is 42.8 Å². The van der Waals surface area contributed by atoms with E-state index in [2.05, 4.69) is 4.98 Å². The van der Waals surface area contributed by atoms with E-state index in [1.807, 2.05) is 40.1 Å². The zero-order valence-electron chi connectivity index (χ0n) is 15.8. The number of nitro benzene ring substituents is 1. The molecule has 8 nitrogen and oxygen atoms in total. The fourth-order valence-corrected chi connectivity index (χ4v) is 3.98. The second-order valence-corrected chi connectivity index (χ2v) is 7.00. The summed E-state index contributed by atoms with van der Waals surface area (Å²) in [5.74, 6) is -0.396. The molecule has 29 heavy (non-hydrogen) atoms. The fraction of sp³-hybridized carbons (Fsp3) is 0.238. The Morgan fingerprint density at radius 2 is 1.76 bits per heavy atom. The van der Waals surface area contributed by atoms with Gasteiger partial charge in [-0.25, -0.2) is 0 Å². The number of benzene rings is 2. The van der Waals surface area contributed by atoms with Gasteiger partial charge in [0.2, 0.25) is 5.91 Å². The molecule has 1 unspecified atom stereocenters. The molecule has 2 heterocycles. The number of carbonyl (C=O) groups excluding carboxylic acids is 1. The van der Waals surface area contributed by atoms with Gasteiger partial charge in [0.15, 0.2) is 0 Å². The highest BCUT2D eigenvalue weighted by atomic mass is 16.6. The molecule has 1 amide bonds. The molecule has 0 saturated carbocycles. The molecular formula is C21H21N5O3. The molecular weight excluding hydrogens is 370 g/mol. The van der Waals surface area contributed by atoms with Crippen LogP contribution in [0.15, 0.2) is 60.8 Å². The molecule has 0 spiro atoms. The van der Waals surface area contributed by atoms with E-state index in [1.54, 1.807) is 30.5 Å². The van der Waals surface area contributed by atoms with Crippen LogP contribution in [0.3, 0.4) is 0 Å². The first kappa shape index (κ1) is 18.8. The Kier molecular flexibility index (Phi) is 5.09. The van der Waals surface area contributed by atoms with Crippen molar-refractivity contribution in [2.75, 3.05) is 31.1 Å². The summed E-state index contributed by atoms with van der Waals surface area (Å²) in [7, 11) is 0. The van der Waals surface area contributed by atoms with Crippen molar-refractivity contribution in [2.45, 2.75) is 6.04 Å². The summed E-state index contributed by atoms with van der Waals surface area (Å²) in [6.45, 7) is 2.27. The minimum atomic E-state index is -0.505. The average molecular weight is 391 g/mol. The summed E-state index contributed by atoms with van der Waals surface area (Å²) < 4.78 is 0. The van der Waals surface area contributed by atoms with E-state index in [1.165, 1.54) is 0 Å². The van der Waals surface area contributed by atoms with Gasteiger partial charge in [-0.3, -0.25) is 24.8 Å². The lowest BCUT2D eigenvalue weighted by molar-refractivity contribution is -0.382.